The molecule has 0 bridgehead atoms. The molecule has 2 N–H and O–H groups in total. The number of nitrogens with one attached hydrogen (secondary N) is 1. The first-order valence-corrected chi connectivity index (χ1v) is 13.0. The second-order valence-electron chi connectivity index (χ2n) is 9.84. The Bertz CT molecular complexity index is 1070. The molecule has 5 atom stereocenters. The number of rotatable bonds is 6. The van der Waals surface area contributed by atoms with Crippen molar-refractivity contribution in [3.8, 4) is 5.75 Å². The highest BCUT2D eigenvalue weighted by Gasteiger charge is 2.55. The second kappa shape index (κ2) is 8.45. The highest BCUT2D eigenvalue weighted by atomic mass is 32.2. The molecule has 0 spiro atoms. The standard InChI is InChI=1S/C25H31NO5S/c1-25-14-13-21-20-10-8-19(30-16-17-5-3-2-4-6-17)15-18(20)7-9-22(21)23(25)11-12-24(25)31-26-32(27,28)29/h2-6,8,10,15,21-24,26H,7,9,11-14,16H2,1H3,(H,27,28,29)/t21-,22-,23+,24+,25+/m1/s1. The van der Waals surface area contributed by atoms with Gasteiger partial charge in [0.05, 0.1) is 6.10 Å². The quantitative estimate of drug-likeness (QED) is 0.480. The van der Waals surface area contributed by atoms with Crippen LogP contribution in [0.5, 0.6) is 5.75 Å². The number of hydrogen-bond donors (Lipinski definition) is 2. The van der Waals surface area contributed by atoms with Crippen molar-refractivity contribution in [3.05, 3.63) is 65.2 Å². The number of hydrogen-bond acceptors (Lipinski definition) is 4. The van der Waals surface area contributed by atoms with E-state index in [1.165, 1.54) is 16.7 Å². The van der Waals surface area contributed by atoms with Gasteiger partial charge in [-0.25, -0.2) is 0 Å². The molecule has 7 heteroatoms. The van der Waals surface area contributed by atoms with Crippen LogP contribution in [0.1, 0.15) is 61.6 Å². The fraction of sp³-hybridized carbons (Fsp3) is 0.520. The normalized spacial score (nSPS) is 31.4. The van der Waals surface area contributed by atoms with Crippen LogP contribution in [0.2, 0.25) is 0 Å². The molecular weight excluding hydrogens is 426 g/mol. The van der Waals surface area contributed by atoms with Gasteiger partial charge in [0.1, 0.15) is 12.4 Å². The molecule has 32 heavy (non-hydrogen) atoms. The molecule has 2 aromatic rings. The summed E-state index contributed by atoms with van der Waals surface area (Å²) < 4.78 is 37.2. The molecule has 0 aliphatic heterocycles. The van der Waals surface area contributed by atoms with Crippen LogP contribution in [0.3, 0.4) is 0 Å². The first kappa shape index (κ1) is 21.9. The van der Waals surface area contributed by atoms with Crippen LogP contribution in [0.4, 0.5) is 0 Å². The Balaban J connectivity index is 1.29. The molecule has 5 rings (SSSR count). The van der Waals surface area contributed by atoms with Crippen molar-refractivity contribution in [2.24, 2.45) is 17.3 Å². The van der Waals surface area contributed by atoms with E-state index in [1.807, 2.05) is 23.1 Å². The minimum Gasteiger partial charge on any atom is -0.489 e. The monoisotopic (exact) mass is 457 g/mol. The molecule has 2 saturated carbocycles. The molecule has 3 aliphatic rings. The lowest BCUT2D eigenvalue weighted by molar-refractivity contribution is -0.0844. The van der Waals surface area contributed by atoms with Gasteiger partial charge in [0.15, 0.2) is 0 Å². The predicted octanol–water partition coefficient (Wildman–Crippen LogP) is 4.81. The summed E-state index contributed by atoms with van der Waals surface area (Å²) in [6, 6.07) is 16.8. The van der Waals surface area contributed by atoms with Gasteiger partial charge in [-0.3, -0.25) is 9.39 Å². The zero-order valence-corrected chi connectivity index (χ0v) is 19.2. The van der Waals surface area contributed by atoms with Crippen LogP contribution in [0, 0.1) is 17.3 Å². The maximum Gasteiger partial charge on any atom is 0.355 e. The third-order valence-electron chi connectivity index (χ3n) is 8.16. The molecule has 6 nitrogen and oxygen atoms in total. The van der Waals surface area contributed by atoms with Gasteiger partial charge in [-0.2, -0.15) is 8.42 Å². The van der Waals surface area contributed by atoms with Crippen molar-refractivity contribution < 1.29 is 22.5 Å². The Morgan fingerprint density at radius 2 is 1.91 bits per heavy atom. The van der Waals surface area contributed by atoms with E-state index in [0.29, 0.717) is 24.4 Å². The average molecular weight is 458 g/mol. The van der Waals surface area contributed by atoms with Gasteiger partial charge >= 0.3 is 10.3 Å². The molecule has 0 heterocycles. The Morgan fingerprint density at radius 1 is 1.09 bits per heavy atom. The molecule has 0 radical (unpaired) electrons. The van der Waals surface area contributed by atoms with E-state index in [0.717, 1.165) is 44.3 Å². The lowest BCUT2D eigenvalue weighted by Gasteiger charge is -2.50. The van der Waals surface area contributed by atoms with Crippen LogP contribution < -0.4 is 9.62 Å². The molecule has 0 unspecified atom stereocenters. The highest BCUT2D eigenvalue weighted by Crippen LogP contribution is 2.61. The van der Waals surface area contributed by atoms with Crippen molar-refractivity contribution >= 4 is 10.3 Å². The van der Waals surface area contributed by atoms with Gasteiger partial charge in [-0.1, -0.05) is 48.2 Å². The lowest BCUT2D eigenvalue weighted by Crippen LogP contribution is -2.46. The smallest absolute Gasteiger partial charge is 0.355 e. The molecule has 172 valence electrons. The fourth-order valence-corrected chi connectivity index (χ4v) is 6.89. The van der Waals surface area contributed by atoms with Gasteiger partial charge < -0.3 is 4.74 Å². The maximum atomic E-state index is 11.1. The van der Waals surface area contributed by atoms with Crippen molar-refractivity contribution in [3.63, 3.8) is 0 Å². The molecule has 3 aliphatic carbocycles. The summed E-state index contributed by atoms with van der Waals surface area (Å²) in [4.78, 5) is 7.32. The van der Waals surface area contributed by atoms with Crippen molar-refractivity contribution in [1.29, 1.82) is 0 Å². The van der Waals surface area contributed by atoms with E-state index in [4.69, 9.17) is 14.1 Å². The summed E-state index contributed by atoms with van der Waals surface area (Å²) in [5.41, 5.74) is 3.95. The highest BCUT2D eigenvalue weighted by molar-refractivity contribution is 7.83. The number of benzene rings is 2. The summed E-state index contributed by atoms with van der Waals surface area (Å²) >= 11 is 0. The third-order valence-corrected chi connectivity index (χ3v) is 8.46. The Hall–Kier alpha value is -1.93. The fourth-order valence-electron chi connectivity index (χ4n) is 6.65. The van der Waals surface area contributed by atoms with E-state index in [2.05, 4.69) is 37.3 Å². The SMILES string of the molecule is C[C@]12CC[C@@H]3c4ccc(OCc5ccccc5)cc4CC[C@H]3[C@@H]1CC[C@@H]2ONS(=O)(=O)O. The van der Waals surface area contributed by atoms with Crippen molar-refractivity contribution in [2.45, 2.75) is 64.1 Å². The predicted molar refractivity (Wildman–Crippen MR) is 121 cm³/mol. The molecule has 2 fully saturated rings. The zero-order valence-electron chi connectivity index (χ0n) is 18.4. The molecule has 0 aromatic heterocycles. The minimum atomic E-state index is -4.35. The van der Waals surface area contributed by atoms with E-state index in [-0.39, 0.29) is 11.5 Å². The molecule has 0 amide bonds. The summed E-state index contributed by atoms with van der Waals surface area (Å²) in [5.74, 6) is 2.54. The second-order valence-corrected chi connectivity index (χ2v) is 11.0. The summed E-state index contributed by atoms with van der Waals surface area (Å²) in [7, 11) is -4.35. The van der Waals surface area contributed by atoms with Gasteiger partial charge in [0.2, 0.25) is 0 Å². The van der Waals surface area contributed by atoms with E-state index >= 15 is 0 Å². The summed E-state index contributed by atoms with van der Waals surface area (Å²) in [5, 5.41) is 0. The van der Waals surface area contributed by atoms with E-state index < -0.39 is 10.3 Å². The number of aryl methyl sites for hydroxylation is 1. The topological polar surface area (TPSA) is 84.9 Å². The van der Waals surface area contributed by atoms with Gasteiger partial charge in [-0.05, 0) is 90.5 Å². The average Bonchev–Trinajstić information content (AvgIpc) is 3.12. The summed E-state index contributed by atoms with van der Waals surface area (Å²) in [6.45, 7) is 2.80. The van der Waals surface area contributed by atoms with E-state index in [9.17, 15) is 8.42 Å². The minimum absolute atomic E-state index is 0.0743. The van der Waals surface area contributed by atoms with Crippen molar-refractivity contribution in [1.82, 2.24) is 4.89 Å². The first-order valence-electron chi connectivity index (χ1n) is 11.5. The van der Waals surface area contributed by atoms with Gasteiger partial charge in [-0.15, -0.1) is 0 Å². The Labute approximate surface area is 190 Å². The van der Waals surface area contributed by atoms with E-state index in [1.54, 1.807) is 0 Å². The van der Waals surface area contributed by atoms with Crippen LogP contribution in [0.15, 0.2) is 48.5 Å². The molecule has 0 saturated heterocycles. The molecule has 2 aromatic carbocycles. The van der Waals surface area contributed by atoms with Crippen LogP contribution in [-0.4, -0.2) is 19.1 Å². The summed E-state index contributed by atoms with van der Waals surface area (Å²) in [6.07, 6.45) is 5.88. The van der Waals surface area contributed by atoms with Gasteiger partial charge in [0.25, 0.3) is 0 Å². The number of ether oxygens (including phenoxy) is 1. The van der Waals surface area contributed by atoms with Gasteiger partial charge in [0, 0.05) is 0 Å². The van der Waals surface area contributed by atoms with Crippen LogP contribution >= 0.6 is 0 Å². The lowest BCUT2D eigenvalue weighted by atomic mass is 9.55. The third kappa shape index (κ3) is 4.19. The molecular formula is C25H31NO5S. The zero-order chi connectivity index (χ0) is 22.3. The van der Waals surface area contributed by atoms with Crippen LogP contribution in [-0.2, 0) is 28.2 Å². The van der Waals surface area contributed by atoms with Crippen molar-refractivity contribution in [2.75, 3.05) is 0 Å². The Morgan fingerprint density at radius 3 is 2.69 bits per heavy atom. The maximum absolute atomic E-state index is 11.1. The number of fused-ring (bicyclic) bond motifs is 5. The first-order chi connectivity index (χ1) is 15.3. The largest absolute Gasteiger partial charge is 0.489 e. The van der Waals surface area contributed by atoms with Crippen LogP contribution in [0.25, 0.3) is 0 Å². The Kier molecular flexibility index (Phi) is 5.78.